The number of nitrogens with one attached hydrogen (secondary N) is 1. The van der Waals surface area contributed by atoms with Gasteiger partial charge in [0.1, 0.15) is 11.8 Å². The zero-order valence-corrected chi connectivity index (χ0v) is 8.16. The van der Waals surface area contributed by atoms with Crippen molar-refractivity contribution in [3.8, 4) is 0 Å². The average molecular weight is 222 g/mol. The molecule has 6 nitrogen and oxygen atoms in total. The van der Waals surface area contributed by atoms with Gasteiger partial charge in [-0.1, -0.05) is 0 Å². The number of hydrogen-bond acceptors (Lipinski definition) is 4. The summed E-state index contributed by atoms with van der Waals surface area (Å²) < 4.78 is 0. The van der Waals surface area contributed by atoms with Gasteiger partial charge in [0.15, 0.2) is 6.10 Å². The molecule has 2 aromatic rings. The molecule has 16 heavy (non-hydrogen) atoms. The highest BCUT2D eigenvalue weighted by molar-refractivity contribution is 5.81. The molecule has 2 aromatic heterocycles. The van der Waals surface area contributed by atoms with Crippen molar-refractivity contribution in [3.63, 3.8) is 0 Å². The molecule has 2 atom stereocenters. The Morgan fingerprint density at radius 2 is 2.19 bits per heavy atom. The normalized spacial score (nSPS) is 14.9. The minimum Gasteiger partial charge on any atom is -0.479 e. The second kappa shape index (κ2) is 3.92. The van der Waals surface area contributed by atoms with Crippen LogP contribution in [-0.4, -0.2) is 37.4 Å². The van der Waals surface area contributed by atoms with E-state index in [9.17, 15) is 15.0 Å². The molecule has 0 bridgehead atoms. The number of aromatic nitrogens is 2. The molecule has 0 saturated heterocycles. The molecule has 2 unspecified atom stereocenters. The summed E-state index contributed by atoms with van der Waals surface area (Å²) in [5, 5.41) is 28.1. The zero-order valence-electron chi connectivity index (χ0n) is 8.16. The van der Waals surface area contributed by atoms with E-state index in [1.54, 1.807) is 18.3 Å². The summed E-state index contributed by atoms with van der Waals surface area (Å²) in [5.74, 6) is -1.47. The van der Waals surface area contributed by atoms with Gasteiger partial charge in [-0.3, -0.25) is 0 Å². The number of rotatable bonds is 3. The predicted octanol–water partition coefficient (Wildman–Crippen LogP) is 0.0418. The molecule has 0 aliphatic rings. The fraction of sp³-hybridized carbons (Fsp3) is 0.200. The minimum atomic E-state index is -1.85. The van der Waals surface area contributed by atoms with E-state index in [1.807, 2.05) is 0 Å². The van der Waals surface area contributed by atoms with Crippen molar-refractivity contribution in [2.24, 2.45) is 0 Å². The van der Waals surface area contributed by atoms with Gasteiger partial charge in [-0.2, -0.15) is 0 Å². The lowest BCUT2D eigenvalue weighted by molar-refractivity contribution is -0.153. The quantitative estimate of drug-likeness (QED) is 0.586. The number of fused-ring (bicyclic) bond motifs is 1. The lowest BCUT2D eigenvalue weighted by Crippen LogP contribution is -2.27. The first-order valence-electron chi connectivity index (χ1n) is 4.62. The lowest BCUT2D eigenvalue weighted by Gasteiger charge is -2.12. The second-order valence-corrected chi connectivity index (χ2v) is 3.37. The first-order chi connectivity index (χ1) is 7.61. The van der Waals surface area contributed by atoms with Crippen LogP contribution in [0.2, 0.25) is 0 Å². The van der Waals surface area contributed by atoms with Crippen molar-refractivity contribution in [1.82, 2.24) is 9.97 Å². The number of carboxylic acid groups (broad SMARTS) is 1. The van der Waals surface area contributed by atoms with Crippen molar-refractivity contribution in [2.75, 3.05) is 0 Å². The van der Waals surface area contributed by atoms with Crippen LogP contribution in [0.3, 0.4) is 0 Å². The topological polar surface area (TPSA) is 106 Å². The van der Waals surface area contributed by atoms with Crippen LogP contribution in [0.4, 0.5) is 0 Å². The van der Waals surface area contributed by atoms with Crippen molar-refractivity contribution in [3.05, 3.63) is 30.1 Å². The minimum absolute atomic E-state index is 0.318. The lowest BCUT2D eigenvalue weighted by atomic mass is 10.0. The van der Waals surface area contributed by atoms with Gasteiger partial charge in [0.25, 0.3) is 0 Å². The SMILES string of the molecule is O=C(O)C(O)C(O)c1c[nH]c2ncccc12. The van der Waals surface area contributed by atoms with Crippen LogP contribution in [0.15, 0.2) is 24.5 Å². The van der Waals surface area contributed by atoms with E-state index in [1.165, 1.54) is 6.20 Å². The van der Waals surface area contributed by atoms with Crippen molar-refractivity contribution >= 4 is 17.0 Å². The Hall–Kier alpha value is -1.92. The largest absolute Gasteiger partial charge is 0.479 e. The van der Waals surface area contributed by atoms with Gasteiger partial charge in [0.05, 0.1) is 0 Å². The predicted molar refractivity (Wildman–Crippen MR) is 54.7 cm³/mol. The number of aromatic amines is 1. The molecule has 0 saturated carbocycles. The monoisotopic (exact) mass is 222 g/mol. The van der Waals surface area contributed by atoms with E-state index >= 15 is 0 Å². The summed E-state index contributed by atoms with van der Waals surface area (Å²) in [6, 6.07) is 3.35. The number of aliphatic hydroxyl groups excluding tert-OH is 2. The van der Waals surface area contributed by atoms with Crippen LogP contribution >= 0.6 is 0 Å². The maximum Gasteiger partial charge on any atom is 0.335 e. The van der Waals surface area contributed by atoms with Gasteiger partial charge in [-0.25, -0.2) is 9.78 Å². The molecule has 0 radical (unpaired) electrons. The molecule has 4 N–H and O–H groups in total. The molecule has 0 aromatic carbocycles. The van der Waals surface area contributed by atoms with E-state index in [2.05, 4.69) is 9.97 Å². The Kier molecular flexibility index (Phi) is 2.59. The maximum atomic E-state index is 10.5. The number of carboxylic acids is 1. The van der Waals surface area contributed by atoms with Crippen LogP contribution in [-0.2, 0) is 4.79 Å². The van der Waals surface area contributed by atoms with Gasteiger partial charge in [-0.15, -0.1) is 0 Å². The Labute approximate surface area is 90.2 Å². The number of H-pyrrole nitrogens is 1. The van der Waals surface area contributed by atoms with Crippen LogP contribution in [0, 0.1) is 0 Å². The summed E-state index contributed by atoms with van der Waals surface area (Å²) in [4.78, 5) is 17.3. The van der Waals surface area contributed by atoms with Crippen molar-refractivity contribution < 1.29 is 20.1 Å². The third kappa shape index (κ3) is 1.64. The van der Waals surface area contributed by atoms with E-state index in [0.29, 0.717) is 16.6 Å². The van der Waals surface area contributed by atoms with E-state index in [0.717, 1.165) is 0 Å². The van der Waals surface area contributed by atoms with Crippen LogP contribution < -0.4 is 0 Å². The Bertz CT molecular complexity index is 522. The number of aliphatic carboxylic acids is 1. The molecule has 0 aliphatic carbocycles. The smallest absolute Gasteiger partial charge is 0.335 e. The molecule has 0 amide bonds. The van der Waals surface area contributed by atoms with Crippen LogP contribution in [0.5, 0.6) is 0 Å². The number of nitrogens with zero attached hydrogens (tertiary/aromatic N) is 1. The summed E-state index contributed by atoms with van der Waals surface area (Å²) in [6.45, 7) is 0. The van der Waals surface area contributed by atoms with Crippen molar-refractivity contribution in [1.29, 1.82) is 0 Å². The van der Waals surface area contributed by atoms with Gasteiger partial charge in [0, 0.05) is 23.3 Å². The fourth-order valence-corrected chi connectivity index (χ4v) is 1.53. The molecule has 84 valence electrons. The third-order valence-electron chi connectivity index (χ3n) is 2.35. The zero-order chi connectivity index (χ0) is 11.7. The molecular formula is C10H10N2O4. The third-order valence-corrected chi connectivity index (χ3v) is 2.35. The average Bonchev–Trinajstić information content (AvgIpc) is 2.70. The molecule has 2 heterocycles. The standard InChI is InChI=1S/C10H10N2O4/c13-7(8(14)10(15)16)6-4-12-9-5(6)2-1-3-11-9/h1-4,7-8,13-14H,(H,11,12)(H,15,16). The molecule has 0 spiro atoms. The van der Waals surface area contributed by atoms with Crippen molar-refractivity contribution in [2.45, 2.75) is 12.2 Å². The number of aliphatic hydroxyl groups is 2. The highest BCUT2D eigenvalue weighted by Gasteiger charge is 2.27. The summed E-state index contributed by atoms with van der Waals surface area (Å²) >= 11 is 0. The molecule has 2 rings (SSSR count). The number of hydrogen-bond donors (Lipinski definition) is 4. The number of carbonyl (C=O) groups is 1. The molecular weight excluding hydrogens is 212 g/mol. The number of pyridine rings is 1. The first kappa shape index (κ1) is 10.6. The maximum absolute atomic E-state index is 10.5. The van der Waals surface area contributed by atoms with Gasteiger partial charge >= 0.3 is 5.97 Å². The van der Waals surface area contributed by atoms with Gasteiger partial charge < -0.3 is 20.3 Å². The Balaban J connectivity index is 2.44. The highest BCUT2D eigenvalue weighted by Crippen LogP contribution is 2.24. The molecule has 0 fully saturated rings. The summed E-state index contributed by atoms with van der Waals surface area (Å²) in [7, 11) is 0. The van der Waals surface area contributed by atoms with E-state index in [4.69, 9.17) is 5.11 Å². The van der Waals surface area contributed by atoms with Crippen LogP contribution in [0.25, 0.3) is 11.0 Å². The van der Waals surface area contributed by atoms with E-state index < -0.39 is 18.2 Å². The molecule has 6 heteroatoms. The summed E-state index contributed by atoms with van der Waals surface area (Å²) in [5.41, 5.74) is 0.854. The van der Waals surface area contributed by atoms with Crippen LogP contribution in [0.1, 0.15) is 11.7 Å². The fourth-order valence-electron chi connectivity index (χ4n) is 1.53. The van der Waals surface area contributed by atoms with E-state index in [-0.39, 0.29) is 0 Å². The Morgan fingerprint density at radius 1 is 1.44 bits per heavy atom. The van der Waals surface area contributed by atoms with Gasteiger partial charge in [0.2, 0.25) is 0 Å². The summed E-state index contributed by atoms with van der Waals surface area (Å²) in [6.07, 6.45) is -0.313. The first-order valence-corrected chi connectivity index (χ1v) is 4.62. The Morgan fingerprint density at radius 3 is 2.88 bits per heavy atom. The second-order valence-electron chi connectivity index (χ2n) is 3.37. The highest BCUT2D eigenvalue weighted by atomic mass is 16.4. The molecule has 0 aliphatic heterocycles. The van der Waals surface area contributed by atoms with Gasteiger partial charge in [-0.05, 0) is 12.1 Å².